The number of rotatable bonds is 2. The first-order valence-electron chi connectivity index (χ1n) is 4.37. The Balaban J connectivity index is 2.92. The van der Waals surface area contributed by atoms with Gasteiger partial charge in [-0.1, -0.05) is 0 Å². The van der Waals surface area contributed by atoms with Crippen LogP contribution in [0.2, 0.25) is 0 Å². The first-order valence-corrected chi connectivity index (χ1v) is 4.37. The third kappa shape index (κ3) is 3.47. The Kier molecular flexibility index (Phi) is 3.28. The first-order chi connectivity index (χ1) is 6.79. The van der Waals surface area contributed by atoms with Crippen molar-refractivity contribution in [1.29, 1.82) is 0 Å². The molecule has 1 heterocycles. The second-order valence-electron chi connectivity index (χ2n) is 3.29. The smallest absolute Gasteiger partial charge is 0.389 e. The van der Waals surface area contributed by atoms with Gasteiger partial charge in [-0.05, 0) is 13.8 Å². The predicted molar refractivity (Wildman–Crippen MR) is 47.2 cm³/mol. The number of halogens is 3. The zero-order chi connectivity index (χ0) is 11.6. The van der Waals surface area contributed by atoms with Crippen molar-refractivity contribution in [3.63, 3.8) is 0 Å². The highest BCUT2D eigenvalue weighted by Crippen LogP contribution is 2.20. The maximum absolute atomic E-state index is 12.0. The molecule has 0 spiro atoms. The lowest BCUT2D eigenvalue weighted by molar-refractivity contribution is -0.128. The number of nitrogens with zero attached hydrogens (tertiary/aromatic N) is 2. The van der Waals surface area contributed by atoms with Gasteiger partial charge in [-0.15, -0.1) is 0 Å². The van der Waals surface area contributed by atoms with E-state index >= 15 is 0 Å². The van der Waals surface area contributed by atoms with Crippen molar-refractivity contribution in [2.75, 3.05) is 0 Å². The molecule has 3 nitrogen and oxygen atoms in total. The summed E-state index contributed by atoms with van der Waals surface area (Å²) >= 11 is 0. The standard InChI is InChI=1S/C9H11F3N2O/c1-5-7(6(2)15)4-13-8(14-5)3-9(10,11)12/h4,6,15H,3H2,1-2H3. The van der Waals surface area contributed by atoms with Crippen LogP contribution < -0.4 is 0 Å². The lowest BCUT2D eigenvalue weighted by atomic mass is 10.1. The summed E-state index contributed by atoms with van der Waals surface area (Å²) in [5, 5.41) is 9.23. The zero-order valence-electron chi connectivity index (χ0n) is 8.34. The summed E-state index contributed by atoms with van der Waals surface area (Å²) in [6, 6.07) is 0. The van der Waals surface area contributed by atoms with Gasteiger partial charge in [0, 0.05) is 17.5 Å². The summed E-state index contributed by atoms with van der Waals surface area (Å²) in [4.78, 5) is 7.24. The highest BCUT2D eigenvalue weighted by Gasteiger charge is 2.29. The second kappa shape index (κ2) is 4.14. The third-order valence-electron chi connectivity index (χ3n) is 1.88. The van der Waals surface area contributed by atoms with Gasteiger partial charge in [0.2, 0.25) is 0 Å². The van der Waals surface area contributed by atoms with Gasteiger partial charge in [-0.3, -0.25) is 0 Å². The second-order valence-corrected chi connectivity index (χ2v) is 3.29. The van der Waals surface area contributed by atoms with Crippen molar-refractivity contribution in [2.45, 2.75) is 32.5 Å². The van der Waals surface area contributed by atoms with E-state index in [0.29, 0.717) is 11.3 Å². The Morgan fingerprint density at radius 1 is 1.47 bits per heavy atom. The molecular formula is C9H11F3N2O. The molecule has 0 amide bonds. The first kappa shape index (κ1) is 11.9. The van der Waals surface area contributed by atoms with Crippen LogP contribution in [0.25, 0.3) is 0 Å². The highest BCUT2D eigenvalue weighted by molar-refractivity contribution is 5.18. The van der Waals surface area contributed by atoms with Crippen molar-refractivity contribution in [3.05, 3.63) is 23.3 Å². The number of aromatic nitrogens is 2. The van der Waals surface area contributed by atoms with E-state index in [9.17, 15) is 18.3 Å². The van der Waals surface area contributed by atoms with Crippen molar-refractivity contribution in [2.24, 2.45) is 0 Å². The summed E-state index contributed by atoms with van der Waals surface area (Å²) < 4.78 is 36.0. The number of aliphatic hydroxyl groups is 1. The van der Waals surface area contributed by atoms with E-state index in [1.807, 2.05) is 0 Å². The topological polar surface area (TPSA) is 46.0 Å². The van der Waals surface area contributed by atoms with E-state index < -0.39 is 18.7 Å². The summed E-state index contributed by atoms with van der Waals surface area (Å²) in [6.45, 7) is 3.05. The van der Waals surface area contributed by atoms with Crippen LogP contribution in [0.5, 0.6) is 0 Å². The van der Waals surface area contributed by atoms with Crippen LogP contribution in [-0.4, -0.2) is 21.3 Å². The van der Waals surface area contributed by atoms with Gasteiger partial charge < -0.3 is 5.11 Å². The minimum atomic E-state index is -4.31. The van der Waals surface area contributed by atoms with Crippen molar-refractivity contribution >= 4 is 0 Å². The number of aryl methyl sites for hydroxylation is 1. The summed E-state index contributed by atoms with van der Waals surface area (Å²) in [6.07, 6.45) is -4.99. The molecule has 1 N–H and O–H groups in total. The Hall–Kier alpha value is -1.17. The molecule has 1 rings (SSSR count). The van der Waals surface area contributed by atoms with Crippen LogP contribution in [0.15, 0.2) is 6.20 Å². The molecule has 6 heteroatoms. The lowest BCUT2D eigenvalue weighted by Crippen LogP contribution is -2.15. The Morgan fingerprint density at radius 3 is 2.47 bits per heavy atom. The van der Waals surface area contributed by atoms with Gasteiger partial charge in [-0.2, -0.15) is 13.2 Å². The van der Waals surface area contributed by atoms with E-state index in [0.717, 1.165) is 0 Å². The van der Waals surface area contributed by atoms with Crippen LogP contribution in [0, 0.1) is 6.92 Å². The number of hydrogen-bond donors (Lipinski definition) is 1. The van der Waals surface area contributed by atoms with Crippen molar-refractivity contribution < 1.29 is 18.3 Å². The monoisotopic (exact) mass is 220 g/mol. The van der Waals surface area contributed by atoms with Gasteiger partial charge in [0.25, 0.3) is 0 Å². The van der Waals surface area contributed by atoms with Crippen molar-refractivity contribution in [3.8, 4) is 0 Å². The average molecular weight is 220 g/mol. The number of alkyl halides is 3. The molecule has 1 unspecified atom stereocenters. The van der Waals surface area contributed by atoms with Crippen molar-refractivity contribution in [1.82, 2.24) is 9.97 Å². The molecule has 1 atom stereocenters. The quantitative estimate of drug-likeness (QED) is 0.828. The largest absolute Gasteiger partial charge is 0.396 e. The Labute approximate surface area is 85.0 Å². The maximum atomic E-state index is 12.0. The average Bonchev–Trinajstić information content (AvgIpc) is 1.99. The minimum absolute atomic E-state index is 0.274. The van der Waals surface area contributed by atoms with E-state index in [1.54, 1.807) is 6.92 Å². The molecule has 1 aromatic rings. The molecule has 0 saturated heterocycles. The molecule has 0 fully saturated rings. The van der Waals surface area contributed by atoms with E-state index in [-0.39, 0.29) is 5.82 Å². The van der Waals surface area contributed by atoms with E-state index in [4.69, 9.17) is 0 Å². The van der Waals surface area contributed by atoms with Crippen LogP contribution in [0.1, 0.15) is 30.1 Å². The molecule has 15 heavy (non-hydrogen) atoms. The predicted octanol–water partition coefficient (Wildman–Crippen LogP) is 1.94. The maximum Gasteiger partial charge on any atom is 0.396 e. The van der Waals surface area contributed by atoms with Crippen LogP contribution in [0.3, 0.4) is 0 Å². The zero-order valence-corrected chi connectivity index (χ0v) is 8.34. The summed E-state index contributed by atoms with van der Waals surface area (Å²) in [5.41, 5.74) is 0.820. The number of aliphatic hydroxyl groups excluding tert-OH is 1. The van der Waals surface area contributed by atoms with E-state index in [2.05, 4.69) is 9.97 Å². The molecule has 84 valence electrons. The summed E-state index contributed by atoms with van der Waals surface area (Å²) in [7, 11) is 0. The molecule has 0 radical (unpaired) electrons. The molecular weight excluding hydrogens is 209 g/mol. The minimum Gasteiger partial charge on any atom is -0.389 e. The van der Waals surface area contributed by atoms with Gasteiger partial charge in [0.05, 0.1) is 6.10 Å². The van der Waals surface area contributed by atoms with Gasteiger partial charge in [-0.25, -0.2) is 9.97 Å². The van der Waals surface area contributed by atoms with Crippen LogP contribution in [0.4, 0.5) is 13.2 Å². The molecule has 0 aliphatic carbocycles. The van der Waals surface area contributed by atoms with Crippen LogP contribution in [-0.2, 0) is 6.42 Å². The Bertz CT molecular complexity index is 350. The normalized spacial score (nSPS) is 14.0. The van der Waals surface area contributed by atoms with E-state index in [1.165, 1.54) is 13.1 Å². The fourth-order valence-electron chi connectivity index (χ4n) is 1.20. The summed E-state index contributed by atoms with van der Waals surface area (Å²) in [5.74, 6) is -0.274. The molecule has 1 aromatic heterocycles. The molecule has 0 aliphatic rings. The fourth-order valence-corrected chi connectivity index (χ4v) is 1.20. The van der Waals surface area contributed by atoms with Gasteiger partial charge in [0.15, 0.2) is 0 Å². The number of hydrogen-bond acceptors (Lipinski definition) is 3. The van der Waals surface area contributed by atoms with Gasteiger partial charge >= 0.3 is 6.18 Å². The molecule has 0 aliphatic heterocycles. The van der Waals surface area contributed by atoms with Gasteiger partial charge in [0.1, 0.15) is 12.2 Å². The lowest BCUT2D eigenvalue weighted by Gasteiger charge is -2.10. The molecule has 0 bridgehead atoms. The Morgan fingerprint density at radius 2 is 2.07 bits per heavy atom. The third-order valence-corrected chi connectivity index (χ3v) is 1.88. The van der Waals surface area contributed by atoms with Crippen LogP contribution >= 0.6 is 0 Å². The molecule has 0 aromatic carbocycles. The fraction of sp³-hybridized carbons (Fsp3) is 0.556. The molecule has 0 saturated carbocycles. The highest BCUT2D eigenvalue weighted by atomic mass is 19.4. The SMILES string of the molecule is Cc1nc(CC(F)(F)F)ncc1C(C)O.